The molecule has 0 aliphatic carbocycles. The molecule has 0 N–H and O–H groups in total. The number of carbonyl (C=O) groups excluding carboxylic acids is 1. The fourth-order valence-corrected chi connectivity index (χ4v) is 1.36. The number of carbonyl (C=O) groups is 1. The van der Waals surface area contributed by atoms with Crippen LogP contribution in [0.15, 0.2) is 24.0 Å². The number of quaternary nitrogens is 1. The summed E-state index contributed by atoms with van der Waals surface area (Å²) in [5.74, 6) is 0.212. The average Bonchev–Trinajstić information content (AvgIpc) is 2.16. The van der Waals surface area contributed by atoms with Crippen LogP contribution < -0.4 is 0 Å². The Labute approximate surface area is 85.9 Å². The maximum absolute atomic E-state index is 12.0. The molecule has 0 fully saturated rings. The number of hydrogen-bond donors (Lipinski definition) is 0. The molecule has 0 saturated carbocycles. The summed E-state index contributed by atoms with van der Waals surface area (Å²) in [5.41, 5.74) is 0.891. The standard InChI is InChI=1S/C11H19N2O/c1-5-13(3,4)11(14)10-7-6-8-12(2)9-10/h6,8-9H,5,7H2,1-4H3/q+1. The lowest BCUT2D eigenvalue weighted by Crippen LogP contribution is -2.46. The fourth-order valence-electron chi connectivity index (χ4n) is 1.36. The van der Waals surface area contributed by atoms with Crippen molar-refractivity contribution in [3.05, 3.63) is 24.0 Å². The SMILES string of the molecule is CC[N+](C)(C)C(=O)C1=CN(C)C=CC1. The van der Waals surface area contributed by atoms with Crippen LogP contribution in [-0.4, -0.2) is 43.0 Å². The zero-order valence-corrected chi connectivity index (χ0v) is 9.45. The van der Waals surface area contributed by atoms with E-state index in [0.29, 0.717) is 4.48 Å². The molecule has 0 aromatic carbocycles. The van der Waals surface area contributed by atoms with Crippen LogP contribution in [0.25, 0.3) is 0 Å². The Morgan fingerprint density at radius 2 is 2.21 bits per heavy atom. The van der Waals surface area contributed by atoms with E-state index in [-0.39, 0.29) is 5.91 Å². The van der Waals surface area contributed by atoms with Crippen molar-refractivity contribution in [3.8, 4) is 0 Å². The molecule has 14 heavy (non-hydrogen) atoms. The van der Waals surface area contributed by atoms with E-state index in [0.717, 1.165) is 18.5 Å². The van der Waals surface area contributed by atoms with Gasteiger partial charge < -0.3 is 4.90 Å². The van der Waals surface area contributed by atoms with E-state index in [1.165, 1.54) is 0 Å². The molecule has 0 saturated heterocycles. The second-order valence-corrected chi connectivity index (χ2v) is 4.22. The topological polar surface area (TPSA) is 20.3 Å². The molecule has 1 amide bonds. The summed E-state index contributed by atoms with van der Waals surface area (Å²) in [6, 6.07) is 0. The van der Waals surface area contributed by atoms with Crippen molar-refractivity contribution in [3.63, 3.8) is 0 Å². The molecule has 1 rings (SSSR count). The molecule has 0 bridgehead atoms. The third-order valence-corrected chi connectivity index (χ3v) is 2.65. The van der Waals surface area contributed by atoms with E-state index in [1.807, 2.05) is 51.4 Å². The molecule has 1 aliphatic rings. The quantitative estimate of drug-likeness (QED) is 0.620. The van der Waals surface area contributed by atoms with Gasteiger partial charge >= 0.3 is 5.91 Å². The second kappa shape index (κ2) is 3.96. The van der Waals surface area contributed by atoms with E-state index >= 15 is 0 Å². The molecule has 3 heteroatoms. The summed E-state index contributed by atoms with van der Waals surface area (Å²) in [7, 11) is 5.83. The third kappa shape index (κ3) is 2.23. The van der Waals surface area contributed by atoms with Crippen LogP contribution in [-0.2, 0) is 4.79 Å². The van der Waals surface area contributed by atoms with Crippen molar-refractivity contribution in [1.29, 1.82) is 0 Å². The molecular weight excluding hydrogens is 176 g/mol. The number of hydrogen-bond acceptors (Lipinski definition) is 2. The Morgan fingerprint density at radius 3 is 2.71 bits per heavy atom. The lowest BCUT2D eigenvalue weighted by atomic mass is 10.1. The first-order valence-corrected chi connectivity index (χ1v) is 4.94. The van der Waals surface area contributed by atoms with Crippen LogP contribution in [0.4, 0.5) is 0 Å². The molecule has 1 aliphatic heterocycles. The smallest absolute Gasteiger partial charge is 0.343 e. The van der Waals surface area contributed by atoms with Gasteiger partial charge in [-0.1, -0.05) is 6.08 Å². The van der Waals surface area contributed by atoms with E-state index in [4.69, 9.17) is 0 Å². The molecule has 0 unspecified atom stereocenters. The normalized spacial score (nSPS) is 16.9. The molecule has 0 aromatic rings. The summed E-state index contributed by atoms with van der Waals surface area (Å²) in [6.07, 6.45) is 6.66. The van der Waals surface area contributed by atoms with Gasteiger partial charge in [-0.15, -0.1) is 0 Å². The highest BCUT2D eigenvalue weighted by atomic mass is 16.2. The second-order valence-electron chi connectivity index (χ2n) is 4.22. The molecule has 0 radical (unpaired) electrons. The number of rotatable bonds is 2. The van der Waals surface area contributed by atoms with Gasteiger partial charge in [-0.25, -0.2) is 4.79 Å². The average molecular weight is 195 g/mol. The Bertz CT molecular complexity index is 290. The lowest BCUT2D eigenvalue weighted by Gasteiger charge is -2.27. The van der Waals surface area contributed by atoms with Gasteiger partial charge in [0.1, 0.15) is 0 Å². The van der Waals surface area contributed by atoms with Gasteiger partial charge in [0.15, 0.2) is 0 Å². The van der Waals surface area contributed by atoms with Gasteiger partial charge in [-0.05, 0) is 13.1 Å². The van der Waals surface area contributed by atoms with Crippen molar-refractivity contribution in [2.75, 3.05) is 27.7 Å². The van der Waals surface area contributed by atoms with Crippen LogP contribution in [0.2, 0.25) is 0 Å². The lowest BCUT2D eigenvalue weighted by molar-refractivity contribution is -0.809. The molecular formula is C11H19N2O+. The summed E-state index contributed by atoms with van der Waals surface area (Å²) in [4.78, 5) is 14.0. The highest BCUT2D eigenvalue weighted by Crippen LogP contribution is 2.15. The van der Waals surface area contributed by atoms with Gasteiger partial charge in [0.05, 0.1) is 26.2 Å². The minimum atomic E-state index is 0.212. The zero-order chi connectivity index (χ0) is 10.8. The predicted molar refractivity (Wildman–Crippen MR) is 57.3 cm³/mol. The summed E-state index contributed by atoms with van der Waals surface area (Å²) in [5, 5.41) is 0. The van der Waals surface area contributed by atoms with Crippen molar-refractivity contribution < 1.29 is 9.28 Å². The maximum Gasteiger partial charge on any atom is 0.343 e. The minimum absolute atomic E-state index is 0.212. The molecule has 0 atom stereocenters. The van der Waals surface area contributed by atoms with E-state index < -0.39 is 0 Å². The van der Waals surface area contributed by atoms with Crippen LogP contribution in [0.1, 0.15) is 13.3 Å². The summed E-state index contributed by atoms with van der Waals surface area (Å²) >= 11 is 0. The molecule has 1 heterocycles. The van der Waals surface area contributed by atoms with Crippen LogP contribution in [0.5, 0.6) is 0 Å². The van der Waals surface area contributed by atoms with E-state index in [1.54, 1.807) is 0 Å². The van der Waals surface area contributed by atoms with Gasteiger partial charge in [0.25, 0.3) is 0 Å². The molecule has 0 aromatic heterocycles. The molecule has 0 spiro atoms. The van der Waals surface area contributed by atoms with Crippen molar-refractivity contribution in [2.24, 2.45) is 0 Å². The Morgan fingerprint density at radius 1 is 1.57 bits per heavy atom. The minimum Gasteiger partial charge on any atom is -0.357 e. The van der Waals surface area contributed by atoms with Crippen molar-refractivity contribution in [1.82, 2.24) is 4.90 Å². The monoisotopic (exact) mass is 195 g/mol. The first-order chi connectivity index (χ1) is 6.47. The van der Waals surface area contributed by atoms with Gasteiger partial charge in [-0.2, -0.15) is 0 Å². The van der Waals surface area contributed by atoms with E-state index in [2.05, 4.69) is 0 Å². The highest BCUT2D eigenvalue weighted by molar-refractivity contribution is 5.88. The van der Waals surface area contributed by atoms with Crippen LogP contribution >= 0.6 is 0 Å². The molecule has 78 valence electrons. The van der Waals surface area contributed by atoms with E-state index in [9.17, 15) is 4.79 Å². The number of nitrogens with zero attached hydrogens (tertiary/aromatic N) is 2. The third-order valence-electron chi connectivity index (χ3n) is 2.65. The molecule has 3 nitrogen and oxygen atoms in total. The van der Waals surface area contributed by atoms with Gasteiger partial charge in [0, 0.05) is 19.7 Å². The fraction of sp³-hybridized carbons (Fsp3) is 0.545. The maximum atomic E-state index is 12.0. The van der Waals surface area contributed by atoms with Crippen LogP contribution in [0.3, 0.4) is 0 Å². The van der Waals surface area contributed by atoms with Gasteiger partial charge in [0.2, 0.25) is 0 Å². The number of amides is 1. The zero-order valence-electron chi connectivity index (χ0n) is 9.45. The van der Waals surface area contributed by atoms with Crippen LogP contribution in [0, 0.1) is 0 Å². The summed E-state index contributed by atoms with van der Waals surface area (Å²) < 4.78 is 0.424. The van der Waals surface area contributed by atoms with Crippen molar-refractivity contribution in [2.45, 2.75) is 13.3 Å². The highest BCUT2D eigenvalue weighted by Gasteiger charge is 2.28. The number of likely N-dealkylation sites (N-methyl/N-ethyl adjacent to an activating group) is 1. The Hall–Kier alpha value is -1.09. The Balaban J connectivity index is 2.80. The largest absolute Gasteiger partial charge is 0.357 e. The summed E-state index contributed by atoms with van der Waals surface area (Å²) in [6.45, 7) is 2.85. The first-order valence-electron chi connectivity index (χ1n) is 4.94. The Kier molecular flexibility index (Phi) is 3.11. The van der Waals surface area contributed by atoms with Crippen molar-refractivity contribution >= 4 is 5.91 Å². The predicted octanol–water partition coefficient (Wildman–Crippen LogP) is 1.34. The van der Waals surface area contributed by atoms with Gasteiger partial charge in [-0.3, -0.25) is 4.48 Å². The number of allylic oxidation sites excluding steroid dienone is 1. The first kappa shape index (κ1) is 11.0.